The van der Waals surface area contributed by atoms with Crippen molar-refractivity contribution in [2.45, 2.75) is 19.8 Å². The zero-order valence-corrected chi connectivity index (χ0v) is 18.3. The molecule has 1 aromatic heterocycles. The molecule has 0 amide bonds. The lowest BCUT2D eigenvalue weighted by Gasteiger charge is -2.29. The Morgan fingerprint density at radius 2 is 2.21 bits per heavy atom. The summed E-state index contributed by atoms with van der Waals surface area (Å²) in [5, 5.41) is 15.7. The molecule has 1 saturated heterocycles. The van der Waals surface area contributed by atoms with Gasteiger partial charge >= 0.3 is 5.97 Å². The second-order valence-corrected chi connectivity index (χ2v) is 7.88. The third-order valence-corrected chi connectivity index (χ3v) is 5.87. The molecule has 6 nitrogen and oxygen atoms in total. The second kappa shape index (κ2) is 11.2. The number of methoxy groups -OCH3 is 1. The molecule has 2 heterocycles. The van der Waals surface area contributed by atoms with E-state index in [9.17, 15) is 9.90 Å². The van der Waals surface area contributed by atoms with Crippen LogP contribution in [0.4, 0.5) is 0 Å². The number of benzene rings is 1. The summed E-state index contributed by atoms with van der Waals surface area (Å²) < 4.78 is 5.33. The molecule has 1 fully saturated rings. The van der Waals surface area contributed by atoms with Crippen molar-refractivity contribution in [3.05, 3.63) is 51.7 Å². The number of ether oxygens (including phenoxy) is 1. The van der Waals surface area contributed by atoms with E-state index in [0.717, 1.165) is 41.3 Å². The number of aryl methyl sites for hydroxylation is 1. The summed E-state index contributed by atoms with van der Waals surface area (Å²) in [5.41, 5.74) is 2.90. The van der Waals surface area contributed by atoms with E-state index in [1.54, 1.807) is 18.4 Å². The van der Waals surface area contributed by atoms with Gasteiger partial charge in [-0.2, -0.15) is 0 Å². The molecule has 0 saturated carbocycles. The van der Waals surface area contributed by atoms with Crippen LogP contribution in [0.2, 0.25) is 0 Å². The summed E-state index contributed by atoms with van der Waals surface area (Å²) in [4.78, 5) is 20.0. The first-order valence-corrected chi connectivity index (χ1v) is 10.3. The highest BCUT2D eigenvalue weighted by molar-refractivity contribution is 7.12. The molecule has 0 bridgehead atoms. The SMILES string of the molecule is COc1cccc(/C(=N/OCCN2CCC[C@@H](C(=O)O)C2)c2cc(C)cs2)c1.Cl. The number of oxime groups is 1. The van der Waals surface area contributed by atoms with E-state index in [1.807, 2.05) is 24.3 Å². The number of hydrogen-bond donors (Lipinski definition) is 1. The van der Waals surface area contributed by atoms with Crippen LogP contribution in [0, 0.1) is 12.8 Å². The van der Waals surface area contributed by atoms with Gasteiger partial charge in [0.1, 0.15) is 18.1 Å². The van der Waals surface area contributed by atoms with E-state index in [1.165, 1.54) is 5.56 Å². The minimum atomic E-state index is -0.711. The van der Waals surface area contributed by atoms with Crippen molar-refractivity contribution in [2.24, 2.45) is 11.1 Å². The fourth-order valence-corrected chi connectivity index (χ4v) is 4.21. The number of piperidine rings is 1. The topological polar surface area (TPSA) is 71.4 Å². The van der Waals surface area contributed by atoms with Gasteiger partial charge in [0.15, 0.2) is 0 Å². The Morgan fingerprint density at radius 3 is 2.90 bits per heavy atom. The zero-order chi connectivity index (χ0) is 19.9. The Morgan fingerprint density at radius 1 is 1.38 bits per heavy atom. The molecule has 1 N–H and O–H groups in total. The van der Waals surface area contributed by atoms with E-state index < -0.39 is 5.97 Å². The van der Waals surface area contributed by atoms with Gasteiger partial charge in [0.25, 0.3) is 0 Å². The number of nitrogens with zero attached hydrogens (tertiary/aromatic N) is 2. The Kier molecular flexibility index (Phi) is 8.95. The van der Waals surface area contributed by atoms with Crippen LogP contribution in [0.3, 0.4) is 0 Å². The number of aliphatic carboxylic acids is 1. The molecule has 8 heteroatoms. The molecule has 0 spiro atoms. The van der Waals surface area contributed by atoms with Crippen LogP contribution < -0.4 is 4.74 Å². The van der Waals surface area contributed by atoms with Crippen molar-refractivity contribution in [1.29, 1.82) is 0 Å². The van der Waals surface area contributed by atoms with Crippen LogP contribution in [0.25, 0.3) is 0 Å². The normalized spacial score (nSPS) is 17.4. The number of thiophene rings is 1. The summed E-state index contributed by atoms with van der Waals surface area (Å²) in [6, 6.07) is 9.86. The van der Waals surface area contributed by atoms with Gasteiger partial charge in [-0.05, 0) is 55.5 Å². The maximum Gasteiger partial charge on any atom is 0.307 e. The van der Waals surface area contributed by atoms with E-state index in [0.29, 0.717) is 19.7 Å². The maximum atomic E-state index is 11.2. The van der Waals surface area contributed by atoms with Crippen LogP contribution >= 0.6 is 23.7 Å². The predicted molar refractivity (Wildman–Crippen MR) is 118 cm³/mol. The predicted octanol–water partition coefficient (Wildman–Crippen LogP) is 4.05. The number of hydrogen-bond acceptors (Lipinski definition) is 6. The first kappa shape index (κ1) is 23.2. The standard InChI is InChI=1S/C21H26N2O4S.ClH/c1-15-11-19(28-14-15)20(16-5-3-7-18(12-16)26-2)22-27-10-9-23-8-4-6-17(13-23)21(24)25;/h3,5,7,11-12,14,17H,4,6,8-10,13H2,1-2H3,(H,24,25);1H/b22-20-;/t17-;/m1./s1. The van der Waals surface area contributed by atoms with Crippen molar-refractivity contribution in [1.82, 2.24) is 4.90 Å². The van der Waals surface area contributed by atoms with Gasteiger partial charge in [-0.1, -0.05) is 17.3 Å². The quantitative estimate of drug-likeness (QED) is 0.382. The van der Waals surface area contributed by atoms with Crippen molar-refractivity contribution in [3.63, 3.8) is 0 Å². The van der Waals surface area contributed by atoms with Crippen LogP contribution in [0.1, 0.15) is 28.8 Å². The summed E-state index contributed by atoms with van der Waals surface area (Å²) in [7, 11) is 1.64. The van der Waals surface area contributed by atoms with Crippen LogP contribution in [0.15, 0.2) is 40.9 Å². The lowest BCUT2D eigenvalue weighted by atomic mass is 9.98. The number of carboxylic acid groups (broad SMARTS) is 1. The highest BCUT2D eigenvalue weighted by Gasteiger charge is 2.25. The van der Waals surface area contributed by atoms with Crippen molar-refractivity contribution in [3.8, 4) is 5.75 Å². The third-order valence-electron chi connectivity index (χ3n) is 4.82. The molecule has 1 aliphatic rings. The fourth-order valence-electron chi connectivity index (χ4n) is 3.31. The third kappa shape index (κ3) is 6.45. The van der Waals surface area contributed by atoms with Gasteiger partial charge in [-0.25, -0.2) is 0 Å². The molecule has 29 heavy (non-hydrogen) atoms. The van der Waals surface area contributed by atoms with Gasteiger partial charge in [-0.3, -0.25) is 9.69 Å². The van der Waals surface area contributed by atoms with E-state index in [4.69, 9.17) is 9.57 Å². The summed E-state index contributed by atoms with van der Waals surface area (Å²) in [6.07, 6.45) is 1.66. The number of carboxylic acids is 1. The number of likely N-dealkylation sites (tertiary alicyclic amines) is 1. The maximum absolute atomic E-state index is 11.2. The first-order chi connectivity index (χ1) is 13.6. The van der Waals surface area contributed by atoms with Crippen molar-refractivity contribution < 1.29 is 19.5 Å². The number of rotatable bonds is 8. The molecule has 0 aliphatic carbocycles. The number of halogens is 1. The Balaban J connectivity index is 0.00000300. The van der Waals surface area contributed by atoms with E-state index in [-0.39, 0.29) is 18.3 Å². The average Bonchev–Trinajstić information content (AvgIpc) is 3.14. The van der Waals surface area contributed by atoms with E-state index >= 15 is 0 Å². The Bertz CT molecular complexity index is 840. The van der Waals surface area contributed by atoms with Crippen LogP contribution in [0.5, 0.6) is 5.75 Å². The fraction of sp³-hybridized carbons (Fsp3) is 0.429. The van der Waals surface area contributed by atoms with Crippen LogP contribution in [-0.2, 0) is 9.63 Å². The van der Waals surface area contributed by atoms with Crippen LogP contribution in [-0.4, -0.2) is 55.0 Å². The molecule has 158 valence electrons. The number of carbonyl (C=O) groups is 1. The molecule has 1 aliphatic heterocycles. The van der Waals surface area contributed by atoms with Gasteiger partial charge in [-0.15, -0.1) is 23.7 Å². The van der Waals surface area contributed by atoms with E-state index in [2.05, 4.69) is 28.4 Å². The monoisotopic (exact) mass is 438 g/mol. The molecule has 0 unspecified atom stereocenters. The Labute approximate surface area is 181 Å². The van der Waals surface area contributed by atoms with Gasteiger partial charge in [0.2, 0.25) is 0 Å². The lowest BCUT2D eigenvalue weighted by molar-refractivity contribution is -0.143. The lowest BCUT2D eigenvalue weighted by Crippen LogP contribution is -2.40. The summed E-state index contributed by atoms with van der Waals surface area (Å²) in [5.74, 6) is -0.220. The second-order valence-electron chi connectivity index (χ2n) is 6.97. The van der Waals surface area contributed by atoms with Crippen molar-refractivity contribution in [2.75, 3.05) is 33.4 Å². The summed E-state index contributed by atoms with van der Waals surface area (Å²) in [6.45, 7) is 4.63. The highest BCUT2D eigenvalue weighted by atomic mass is 35.5. The molecule has 1 aromatic carbocycles. The average molecular weight is 439 g/mol. The highest BCUT2D eigenvalue weighted by Crippen LogP contribution is 2.22. The molecule has 3 rings (SSSR count). The molecule has 0 radical (unpaired) electrons. The van der Waals surface area contributed by atoms with Gasteiger partial charge in [0, 0.05) is 18.7 Å². The smallest absolute Gasteiger partial charge is 0.307 e. The minimum absolute atomic E-state index is 0. The van der Waals surface area contributed by atoms with Gasteiger partial charge < -0.3 is 14.7 Å². The van der Waals surface area contributed by atoms with Crippen molar-refractivity contribution >= 4 is 35.4 Å². The largest absolute Gasteiger partial charge is 0.497 e. The summed E-state index contributed by atoms with van der Waals surface area (Å²) >= 11 is 1.63. The molecular weight excluding hydrogens is 412 g/mol. The molecular formula is C21H27ClN2O4S. The minimum Gasteiger partial charge on any atom is -0.497 e. The molecule has 1 atom stereocenters. The first-order valence-electron chi connectivity index (χ1n) is 9.42. The zero-order valence-electron chi connectivity index (χ0n) is 16.7. The van der Waals surface area contributed by atoms with Gasteiger partial charge in [0.05, 0.1) is 17.9 Å². The molecule has 2 aromatic rings. The Hall–Kier alpha value is -2.09.